The second kappa shape index (κ2) is 5.86. The van der Waals surface area contributed by atoms with Gasteiger partial charge in [0.25, 0.3) is 0 Å². The first-order valence-electron chi connectivity index (χ1n) is 5.51. The number of hydrogen-bond acceptors (Lipinski definition) is 4. The summed E-state index contributed by atoms with van der Waals surface area (Å²) in [5, 5.41) is 19.4. The third-order valence-electron chi connectivity index (χ3n) is 2.57. The van der Waals surface area contributed by atoms with Gasteiger partial charge in [-0.15, -0.1) is 11.3 Å². The second-order valence-electron chi connectivity index (χ2n) is 3.75. The van der Waals surface area contributed by atoms with Crippen LogP contribution in [-0.4, -0.2) is 7.11 Å². The standard InChI is InChI=1S/C15H10N2OS/c1-18-14-4-2-12(3-5-14)13-7-15(19-10-13)6-11(8-16)9-17/h2-7,10H,1H3. The van der Waals surface area contributed by atoms with Gasteiger partial charge in [0.15, 0.2) is 0 Å². The van der Waals surface area contributed by atoms with E-state index in [1.165, 1.54) is 11.3 Å². The molecule has 0 saturated carbocycles. The smallest absolute Gasteiger partial charge is 0.131 e. The summed E-state index contributed by atoms with van der Waals surface area (Å²) in [7, 11) is 1.63. The molecule has 1 heterocycles. The third kappa shape index (κ3) is 3.01. The summed E-state index contributed by atoms with van der Waals surface area (Å²) in [4.78, 5) is 0.893. The van der Waals surface area contributed by atoms with E-state index in [0.29, 0.717) is 0 Å². The monoisotopic (exact) mass is 266 g/mol. The number of rotatable bonds is 3. The lowest BCUT2D eigenvalue weighted by molar-refractivity contribution is 0.415. The first-order valence-corrected chi connectivity index (χ1v) is 6.39. The maximum atomic E-state index is 8.72. The normalized spacial score (nSPS) is 9.21. The molecule has 0 aliphatic rings. The van der Waals surface area contributed by atoms with Crippen LogP contribution in [0.2, 0.25) is 0 Å². The van der Waals surface area contributed by atoms with Gasteiger partial charge in [-0.1, -0.05) is 12.1 Å². The van der Waals surface area contributed by atoms with Gasteiger partial charge in [0.2, 0.25) is 0 Å². The van der Waals surface area contributed by atoms with Gasteiger partial charge < -0.3 is 4.74 Å². The molecule has 2 aromatic rings. The molecular formula is C15H10N2OS. The second-order valence-corrected chi connectivity index (χ2v) is 4.69. The highest BCUT2D eigenvalue weighted by molar-refractivity contribution is 7.11. The molecule has 19 heavy (non-hydrogen) atoms. The lowest BCUT2D eigenvalue weighted by atomic mass is 10.1. The van der Waals surface area contributed by atoms with Gasteiger partial charge in [-0.05, 0) is 40.8 Å². The maximum Gasteiger partial charge on any atom is 0.131 e. The highest BCUT2D eigenvalue weighted by Gasteiger charge is 2.03. The van der Waals surface area contributed by atoms with Gasteiger partial charge in [-0.25, -0.2) is 0 Å². The molecule has 92 valence electrons. The SMILES string of the molecule is COc1ccc(-c2csc(C=C(C#N)C#N)c2)cc1. The van der Waals surface area contributed by atoms with Crippen LogP contribution in [0.1, 0.15) is 4.88 Å². The summed E-state index contributed by atoms with van der Waals surface area (Å²) in [5.74, 6) is 0.815. The van der Waals surface area contributed by atoms with E-state index >= 15 is 0 Å². The Balaban J connectivity index is 2.28. The predicted octanol–water partition coefficient (Wildman–Crippen LogP) is 3.85. The third-order valence-corrected chi connectivity index (χ3v) is 3.45. The molecule has 1 aromatic carbocycles. The van der Waals surface area contributed by atoms with Crippen LogP contribution in [-0.2, 0) is 0 Å². The van der Waals surface area contributed by atoms with Crippen LogP contribution in [0.15, 0.2) is 41.3 Å². The fourth-order valence-corrected chi connectivity index (χ4v) is 2.44. The summed E-state index contributed by atoms with van der Waals surface area (Å²) in [6, 6.07) is 13.4. The van der Waals surface area contributed by atoms with Crippen molar-refractivity contribution in [3.8, 4) is 29.0 Å². The van der Waals surface area contributed by atoms with Gasteiger partial charge in [0, 0.05) is 4.88 Å². The molecule has 3 nitrogen and oxygen atoms in total. The van der Waals surface area contributed by atoms with E-state index in [2.05, 4.69) is 0 Å². The lowest BCUT2D eigenvalue weighted by Crippen LogP contribution is -1.81. The number of benzene rings is 1. The van der Waals surface area contributed by atoms with Crippen molar-refractivity contribution in [2.24, 2.45) is 0 Å². The zero-order chi connectivity index (χ0) is 13.7. The van der Waals surface area contributed by atoms with Crippen LogP contribution < -0.4 is 4.74 Å². The quantitative estimate of drug-likeness (QED) is 0.793. The molecule has 0 unspecified atom stereocenters. The van der Waals surface area contributed by atoms with Crippen molar-refractivity contribution in [2.75, 3.05) is 7.11 Å². The number of allylic oxidation sites excluding steroid dienone is 1. The zero-order valence-electron chi connectivity index (χ0n) is 10.3. The number of hydrogen-bond donors (Lipinski definition) is 0. The molecule has 0 fully saturated rings. The molecule has 0 spiro atoms. The van der Waals surface area contributed by atoms with E-state index in [-0.39, 0.29) is 5.57 Å². The van der Waals surface area contributed by atoms with E-state index < -0.39 is 0 Å². The van der Waals surface area contributed by atoms with Crippen LogP contribution in [0.5, 0.6) is 5.75 Å². The van der Waals surface area contributed by atoms with Crippen molar-refractivity contribution in [3.63, 3.8) is 0 Å². The van der Waals surface area contributed by atoms with Gasteiger partial charge in [-0.3, -0.25) is 0 Å². The van der Waals surface area contributed by atoms with Crippen molar-refractivity contribution >= 4 is 17.4 Å². The Kier molecular flexibility index (Phi) is 3.97. The molecule has 0 amide bonds. The Morgan fingerprint density at radius 2 is 1.84 bits per heavy atom. The Bertz CT molecular complexity index is 668. The molecule has 0 radical (unpaired) electrons. The van der Waals surface area contributed by atoms with E-state index in [4.69, 9.17) is 15.3 Å². The van der Waals surface area contributed by atoms with Crippen LogP contribution in [0.4, 0.5) is 0 Å². The van der Waals surface area contributed by atoms with Gasteiger partial charge in [-0.2, -0.15) is 10.5 Å². The molecule has 0 aliphatic heterocycles. The zero-order valence-corrected chi connectivity index (χ0v) is 11.1. The fourth-order valence-electron chi connectivity index (χ4n) is 1.60. The van der Waals surface area contributed by atoms with Crippen molar-refractivity contribution in [3.05, 3.63) is 46.2 Å². The van der Waals surface area contributed by atoms with E-state index in [1.807, 2.05) is 47.9 Å². The van der Waals surface area contributed by atoms with Gasteiger partial charge >= 0.3 is 0 Å². The molecule has 2 rings (SSSR count). The molecule has 0 saturated heterocycles. The first-order chi connectivity index (χ1) is 9.26. The summed E-state index contributed by atoms with van der Waals surface area (Å²) in [5.41, 5.74) is 2.25. The molecule has 0 aliphatic carbocycles. The predicted molar refractivity (Wildman–Crippen MR) is 75.5 cm³/mol. The molecule has 0 bridgehead atoms. The summed E-state index contributed by atoms with van der Waals surface area (Å²) in [6.07, 6.45) is 1.59. The summed E-state index contributed by atoms with van der Waals surface area (Å²) < 4.78 is 5.11. The molecule has 1 aromatic heterocycles. The maximum absolute atomic E-state index is 8.72. The van der Waals surface area contributed by atoms with Gasteiger partial charge in [0.1, 0.15) is 23.5 Å². The van der Waals surface area contributed by atoms with Crippen LogP contribution in [0, 0.1) is 22.7 Å². The van der Waals surface area contributed by atoms with Crippen LogP contribution in [0.3, 0.4) is 0 Å². The van der Waals surface area contributed by atoms with E-state index in [0.717, 1.165) is 21.8 Å². The molecule has 4 heteroatoms. The highest BCUT2D eigenvalue weighted by Crippen LogP contribution is 2.28. The highest BCUT2D eigenvalue weighted by atomic mass is 32.1. The van der Waals surface area contributed by atoms with Gasteiger partial charge in [0.05, 0.1) is 7.11 Å². The lowest BCUT2D eigenvalue weighted by Gasteiger charge is -2.00. The number of methoxy groups -OCH3 is 1. The summed E-state index contributed by atoms with van der Waals surface area (Å²) >= 11 is 1.50. The molecular weight excluding hydrogens is 256 g/mol. The molecule has 0 atom stereocenters. The Morgan fingerprint density at radius 1 is 1.16 bits per heavy atom. The average molecular weight is 266 g/mol. The fraction of sp³-hybridized carbons (Fsp3) is 0.0667. The average Bonchev–Trinajstić information content (AvgIpc) is 2.93. The Labute approximate surface area is 115 Å². The number of nitriles is 2. The van der Waals surface area contributed by atoms with Crippen LogP contribution >= 0.6 is 11.3 Å². The topological polar surface area (TPSA) is 56.8 Å². The number of ether oxygens (including phenoxy) is 1. The minimum atomic E-state index is 0.114. The largest absolute Gasteiger partial charge is 0.497 e. The minimum Gasteiger partial charge on any atom is -0.497 e. The Morgan fingerprint density at radius 3 is 2.42 bits per heavy atom. The van der Waals surface area contributed by atoms with Crippen molar-refractivity contribution in [1.82, 2.24) is 0 Å². The van der Waals surface area contributed by atoms with E-state index in [9.17, 15) is 0 Å². The summed E-state index contributed by atoms with van der Waals surface area (Å²) in [6.45, 7) is 0. The van der Waals surface area contributed by atoms with E-state index in [1.54, 1.807) is 13.2 Å². The minimum absolute atomic E-state index is 0.114. The Hall–Kier alpha value is -2.56. The molecule has 0 N–H and O–H groups in total. The first kappa shape index (κ1) is 12.9. The number of nitrogens with zero attached hydrogens (tertiary/aromatic N) is 2. The van der Waals surface area contributed by atoms with Crippen molar-refractivity contribution < 1.29 is 4.74 Å². The van der Waals surface area contributed by atoms with Crippen molar-refractivity contribution in [2.45, 2.75) is 0 Å². The van der Waals surface area contributed by atoms with Crippen LogP contribution in [0.25, 0.3) is 17.2 Å². The van der Waals surface area contributed by atoms with Crippen molar-refractivity contribution in [1.29, 1.82) is 10.5 Å². The number of thiophene rings is 1.